The molecule has 0 spiro atoms. The van der Waals surface area contributed by atoms with Gasteiger partial charge in [-0.05, 0) is 70.0 Å². The summed E-state index contributed by atoms with van der Waals surface area (Å²) in [6, 6.07) is -0.137. The van der Waals surface area contributed by atoms with Gasteiger partial charge in [0.15, 0.2) is 0 Å². The molecule has 0 bridgehead atoms. The van der Waals surface area contributed by atoms with Crippen LogP contribution in [0.4, 0.5) is 4.79 Å². The number of nitrogens with one attached hydrogen (secondary N) is 2. The Bertz CT molecular complexity index is 348. The number of carbonyl (C=O) groups is 1. The van der Waals surface area contributed by atoms with Gasteiger partial charge in [0.2, 0.25) is 0 Å². The van der Waals surface area contributed by atoms with Gasteiger partial charge in [-0.3, -0.25) is 0 Å². The van der Waals surface area contributed by atoms with E-state index < -0.39 is 5.60 Å². The fourth-order valence-electron chi connectivity index (χ4n) is 3.16. The van der Waals surface area contributed by atoms with Gasteiger partial charge in [0.25, 0.3) is 0 Å². The van der Waals surface area contributed by atoms with Crippen LogP contribution < -0.4 is 10.6 Å². The number of amides is 2. The van der Waals surface area contributed by atoms with E-state index in [9.17, 15) is 9.90 Å². The summed E-state index contributed by atoms with van der Waals surface area (Å²) in [4.78, 5) is 14.3. The molecule has 0 aromatic carbocycles. The van der Waals surface area contributed by atoms with Gasteiger partial charge in [-0.25, -0.2) is 4.79 Å². The maximum absolute atomic E-state index is 11.8. The summed E-state index contributed by atoms with van der Waals surface area (Å²) >= 11 is 0. The second kappa shape index (κ2) is 8.16. The predicted molar refractivity (Wildman–Crippen MR) is 88.8 cm³/mol. The number of hydrogen-bond donors (Lipinski definition) is 3. The van der Waals surface area contributed by atoms with Gasteiger partial charge >= 0.3 is 6.03 Å². The van der Waals surface area contributed by atoms with E-state index in [4.69, 9.17) is 0 Å². The zero-order valence-corrected chi connectivity index (χ0v) is 14.2. The molecule has 1 saturated heterocycles. The number of aliphatic hydroxyl groups is 1. The summed E-state index contributed by atoms with van der Waals surface area (Å²) in [5, 5.41) is 15.7. The van der Waals surface area contributed by atoms with Crippen molar-refractivity contribution in [2.75, 3.05) is 32.7 Å². The number of carbonyl (C=O) groups excluding carboxylic acids is 1. The molecule has 2 aliphatic rings. The highest BCUT2D eigenvalue weighted by molar-refractivity contribution is 5.73. The lowest BCUT2D eigenvalue weighted by atomic mass is 9.80. The van der Waals surface area contributed by atoms with Crippen molar-refractivity contribution in [2.45, 2.75) is 58.0 Å². The first-order valence-corrected chi connectivity index (χ1v) is 8.93. The topological polar surface area (TPSA) is 64.6 Å². The van der Waals surface area contributed by atoms with E-state index in [1.165, 1.54) is 25.8 Å². The number of hydrogen-bond acceptors (Lipinski definition) is 3. The van der Waals surface area contributed by atoms with E-state index >= 15 is 0 Å². The van der Waals surface area contributed by atoms with Crippen molar-refractivity contribution in [2.24, 2.45) is 11.8 Å². The Morgan fingerprint density at radius 3 is 2.50 bits per heavy atom. The van der Waals surface area contributed by atoms with E-state index in [0.717, 1.165) is 44.8 Å². The average Bonchev–Trinajstić information content (AvgIpc) is 2.48. The predicted octanol–water partition coefficient (Wildman–Crippen LogP) is 1.96. The monoisotopic (exact) mass is 311 g/mol. The lowest BCUT2D eigenvalue weighted by molar-refractivity contribution is -0.0290. The molecule has 2 rings (SSSR count). The fraction of sp³-hybridized carbons (Fsp3) is 0.941. The van der Waals surface area contributed by atoms with Crippen LogP contribution in [0.1, 0.15) is 52.4 Å². The van der Waals surface area contributed by atoms with Crippen molar-refractivity contribution in [1.29, 1.82) is 0 Å². The summed E-state index contributed by atoms with van der Waals surface area (Å²) in [6.45, 7) is 9.19. The summed E-state index contributed by atoms with van der Waals surface area (Å²) in [6.07, 6.45) is 6.29. The van der Waals surface area contributed by atoms with Gasteiger partial charge in [-0.15, -0.1) is 0 Å². The number of rotatable bonds is 7. The zero-order chi connectivity index (χ0) is 16.0. The molecule has 0 radical (unpaired) electrons. The van der Waals surface area contributed by atoms with Crippen LogP contribution in [0.25, 0.3) is 0 Å². The quantitative estimate of drug-likeness (QED) is 0.673. The SMILES string of the molecule is CC(C)CCN1CCC(CNC(=O)NCC2(O)CCC2)CC1. The summed E-state index contributed by atoms with van der Waals surface area (Å²) < 4.78 is 0. The summed E-state index contributed by atoms with van der Waals surface area (Å²) in [7, 11) is 0. The molecule has 0 aromatic heterocycles. The first-order valence-electron chi connectivity index (χ1n) is 8.93. The van der Waals surface area contributed by atoms with Crippen molar-refractivity contribution in [3.8, 4) is 0 Å². The molecule has 1 heterocycles. The van der Waals surface area contributed by atoms with Crippen LogP contribution in [0.3, 0.4) is 0 Å². The van der Waals surface area contributed by atoms with Crippen LogP contribution in [-0.4, -0.2) is 54.4 Å². The van der Waals surface area contributed by atoms with Gasteiger partial charge in [0, 0.05) is 13.1 Å². The molecule has 1 aliphatic heterocycles. The van der Waals surface area contributed by atoms with Crippen LogP contribution in [-0.2, 0) is 0 Å². The molecule has 5 nitrogen and oxygen atoms in total. The van der Waals surface area contributed by atoms with E-state index in [0.29, 0.717) is 12.5 Å². The third kappa shape index (κ3) is 5.76. The second-order valence-corrected chi connectivity index (χ2v) is 7.61. The lowest BCUT2D eigenvalue weighted by Gasteiger charge is -2.36. The molecule has 128 valence electrons. The molecule has 0 atom stereocenters. The summed E-state index contributed by atoms with van der Waals surface area (Å²) in [5.41, 5.74) is -0.640. The highest BCUT2D eigenvalue weighted by Gasteiger charge is 2.34. The maximum atomic E-state index is 11.8. The Kier molecular flexibility index (Phi) is 6.50. The largest absolute Gasteiger partial charge is 0.388 e. The number of nitrogens with zero attached hydrogens (tertiary/aromatic N) is 1. The minimum absolute atomic E-state index is 0.137. The number of urea groups is 1. The third-order valence-electron chi connectivity index (χ3n) is 5.14. The summed E-state index contributed by atoms with van der Waals surface area (Å²) in [5.74, 6) is 1.36. The smallest absolute Gasteiger partial charge is 0.314 e. The van der Waals surface area contributed by atoms with Gasteiger partial charge in [0.05, 0.1) is 5.60 Å². The molecule has 5 heteroatoms. The standard InChI is InChI=1S/C17H33N3O2/c1-14(2)4-9-20-10-5-15(6-11-20)12-18-16(21)19-13-17(22)7-3-8-17/h14-15,22H,3-13H2,1-2H3,(H2,18,19,21). The van der Waals surface area contributed by atoms with Crippen molar-refractivity contribution >= 4 is 6.03 Å². The van der Waals surface area contributed by atoms with Gasteiger partial charge in [0.1, 0.15) is 0 Å². The van der Waals surface area contributed by atoms with Crippen LogP contribution in [0, 0.1) is 11.8 Å². The first-order chi connectivity index (χ1) is 10.5. The maximum Gasteiger partial charge on any atom is 0.314 e. The minimum atomic E-state index is -0.640. The highest BCUT2D eigenvalue weighted by Crippen LogP contribution is 2.30. The molecule has 0 aromatic rings. The van der Waals surface area contributed by atoms with Crippen molar-refractivity contribution in [3.05, 3.63) is 0 Å². The number of likely N-dealkylation sites (tertiary alicyclic amines) is 1. The molecule has 1 aliphatic carbocycles. The van der Waals surface area contributed by atoms with Gasteiger partial charge in [-0.2, -0.15) is 0 Å². The van der Waals surface area contributed by atoms with Crippen LogP contribution in [0.5, 0.6) is 0 Å². The molecular weight excluding hydrogens is 278 g/mol. The fourth-order valence-corrected chi connectivity index (χ4v) is 3.16. The highest BCUT2D eigenvalue weighted by atomic mass is 16.3. The molecule has 3 N–H and O–H groups in total. The molecule has 0 unspecified atom stereocenters. The minimum Gasteiger partial charge on any atom is -0.388 e. The molecule has 22 heavy (non-hydrogen) atoms. The van der Waals surface area contributed by atoms with Gasteiger partial charge < -0.3 is 20.6 Å². The zero-order valence-electron chi connectivity index (χ0n) is 14.2. The molecular formula is C17H33N3O2. The Labute approximate surface area is 134 Å². The Hall–Kier alpha value is -0.810. The molecule has 2 fully saturated rings. The Morgan fingerprint density at radius 2 is 1.95 bits per heavy atom. The lowest BCUT2D eigenvalue weighted by Crippen LogP contribution is -2.50. The second-order valence-electron chi connectivity index (χ2n) is 7.61. The van der Waals surface area contributed by atoms with Crippen LogP contribution in [0.15, 0.2) is 0 Å². The number of piperidine rings is 1. The van der Waals surface area contributed by atoms with Gasteiger partial charge in [-0.1, -0.05) is 13.8 Å². The Morgan fingerprint density at radius 1 is 1.27 bits per heavy atom. The van der Waals surface area contributed by atoms with E-state index in [1.807, 2.05) is 0 Å². The Balaban J connectivity index is 1.53. The van der Waals surface area contributed by atoms with Crippen molar-refractivity contribution < 1.29 is 9.90 Å². The van der Waals surface area contributed by atoms with Crippen molar-refractivity contribution in [3.63, 3.8) is 0 Å². The molecule has 1 saturated carbocycles. The van der Waals surface area contributed by atoms with Crippen LogP contribution >= 0.6 is 0 Å². The van der Waals surface area contributed by atoms with E-state index in [-0.39, 0.29) is 6.03 Å². The van der Waals surface area contributed by atoms with Crippen molar-refractivity contribution in [1.82, 2.24) is 15.5 Å². The normalized spacial score (nSPS) is 22.4. The van der Waals surface area contributed by atoms with E-state index in [2.05, 4.69) is 29.4 Å². The van der Waals surface area contributed by atoms with E-state index in [1.54, 1.807) is 0 Å². The van der Waals surface area contributed by atoms with Crippen LogP contribution in [0.2, 0.25) is 0 Å². The molecule has 2 amide bonds. The third-order valence-corrected chi connectivity index (χ3v) is 5.14. The average molecular weight is 311 g/mol. The first kappa shape index (κ1) is 17.5.